The lowest BCUT2D eigenvalue weighted by Gasteiger charge is -2.02. The van der Waals surface area contributed by atoms with Crippen molar-refractivity contribution in [3.05, 3.63) is 45.4 Å². The molecule has 0 radical (unpaired) electrons. The predicted molar refractivity (Wildman–Crippen MR) is 83.4 cm³/mol. The van der Waals surface area contributed by atoms with E-state index in [1.165, 1.54) is 6.21 Å². The molecule has 1 amide bonds. The van der Waals surface area contributed by atoms with E-state index in [0.717, 1.165) is 9.33 Å². The van der Waals surface area contributed by atoms with Crippen molar-refractivity contribution >= 4 is 34.7 Å². The van der Waals surface area contributed by atoms with Gasteiger partial charge in [-0.25, -0.2) is 5.43 Å². The molecule has 0 fully saturated rings. The Balaban J connectivity index is 1.55. The minimum atomic E-state index is -0.216. The van der Waals surface area contributed by atoms with E-state index in [9.17, 15) is 4.79 Å². The third kappa shape index (κ3) is 3.54. The number of halogens is 1. The zero-order valence-electron chi connectivity index (χ0n) is 10.8. The van der Waals surface area contributed by atoms with Crippen molar-refractivity contribution in [1.29, 1.82) is 0 Å². The summed E-state index contributed by atoms with van der Waals surface area (Å²) in [6.45, 7) is 0.219. The van der Waals surface area contributed by atoms with Crippen molar-refractivity contribution in [2.24, 2.45) is 5.10 Å². The number of nitrogens with zero attached hydrogens (tertiary/aromatic N) is 1. The fourth-order valence-corrected chi connectivity index (χ4v) is 2.28. The number of hydrogen-bond acceptors (Lipinski definition) is 5. The molecule has 1 aromatic heterocycles. The van der Waals surface area contributed by atoms with Crippen LogP contribution in [-0.2, 0) is 11.2 Å². The first kappa shape index (κ1) is 13.9. The van der Waals surface area contributed by atoms with Gasteiger partial charge in [0.2, 0.25) is 12.7 Å². The SMILES string of the molecule is O=C(Cc1ccc2c(c1)OCO2)N/N=C\c1ccc(I)o1. The van der Waals surface area contributed by atoms with E-state index in [1.807, 2.05) is 12.1 Å². The lowest BCUT2D eigenvalue weighted by molar-refractivity contribution is -0.120. The van der Waals surface area contributed by atoms with Crippen LogP contribution in [0.5, 0.6) is 11.5 Å². The largest absolute Gasteiger partial charge is 0.454 e. The number of carbonyl (C=O) groups excluding carboxylic acids is 1. The van der Waals surface area contributed by atoms with E-state index < -0.39 is 0 Å². The Morgan fingerprint density at radius 3 is 2.95 bits per heavy atom. The maximum Gasteiger partial charge on any atom is 0.244 e. The summed E-state index contributed by atoms with van der Waals surface area (Å²) in [5.74, 6) is 1.73. The summed E-state index contributed by atoms with van der Waals surface area (Å²) in [5, 5.41) is 3.85. The monoisotopic (exact) mass is 398 g/mol. The minimum Gasteiger partial charge on any atom is -0.454 e. The van der Waals surface area contributed by atoms with E-state index in [4.69, 9.17) is 13.9 Å². The molecule has 108 valence electrons. The fraction of sp³-hybridized carbons (Fsp3) is 0.143. The smallest absolute Gasteiger partial charge is 0.244 e. The van der Waals surface area contributed by atoms with E-state index in [0.29, 0.717) is 17.3 Å². The number of ether oxygens (including phenoxy) is 2. The molecule has 1 aliphatic rings. The first-order valence-electron chi connectivity index (χ1n) is 6.16. The summed E-state index contributed by atoms with van der Waals surface area (Å²) in [4.78, 5) is 11.8. The van der Waals surface area contributed by atoms with Crippen LogP contribution in [0.3, 0.4) is 0 Å². The molecule has 1 aromatic carbocycles. The second kappa shape index (κ2) is 6.17. The average molecular weight is 398 g/mol. The molecule has 3 rings (SSSR count). The van der Waals surface area contributed by atoms with Crippen molar-refractivity contribution < 1.29 is 18.7 Å². The van der Waals surface area contributed by atoms with Gasteiger partial charge in [0, 0.05) is 0 Å². The van der Waals surface area contributed by atoms with Gasteiger partial charge in [-0.3, -0.25) is 4.79 Å². The van der Waals surface area contributed by atoms with Gasteiger partial charge in [-0.2, -0.15) is 5.10 Å². The van der Waals surface area contributed by atoms with Crippen molar-refractivity contribution in [2.45, 2.75) is 6.42 Å². The minimum absolute atomic E-state index is 0.212. The Morgan fingerprint density at radius 2 is 2.14 bits per heavy atom. The summed E-state index contributed by atoms with van der Waals surface area (Å²) in [6, 6.07) is 9.00. The lowest BCUT2D eigenvalue weighted by atomic mass is 10.1. The number of furan rings is 1. The van der Waals surface area contributed by atoms with E-state index in [-0.39, 0.29) is 19.1 Å². The van der Waals surface area contributed by atoms with Gasteiger partial charge in [0.25, 0.3) is 0 Å². The highest BCUT2D eigenvalue weighted by Gasteiger charge is 2.14. The van der Waals surface area contributed by atoms with Gasteiger partial charge in [-0.15, -0.1) is 0 Å². The third-order valence-electron chi connectivity index (χ3n) is 2.78. The van der Waals surface area contributed by atoms with Crippen molar-refractivity contribution in [3.63, 3.8) is 0 Å². The molecule has 0 bridgehead atoms. The van der Waals surface area contributed by atoms with Crippen LogP contribution in [0.25, 0.3) is 0 Å². The average Bonchev–Trinajstić information content (AvgIpc) is 3.07. The third-order valence-corrected chi connectivity index (χ3v) is 3.36. The Kier molecular flexibility index (Phi) is 4.09. The first-order valence-corrected chi connectivity index (χ1v) is 7.24. The Morgan fingerprint density at radius 1 is 1.29 bits per heavy atom. The standard InChI is InChI=1S/C14H11IN2O4/c15-13-4-2-10(21-13)7-16-17-14(18)6-9-1-3-11-12(5-9)20-8-19-11/h1-5,7H,6,8H2,(H,17,18)/b16-7-. The van der Waals surface area contributed by atoms with E-state index >= 15 is 0 Å². The molecule has 7 heteroatoms. The molecular formula is C14H11IN2O4. The molecule has 0 spiro atoms. The molecule has 1 N–H and O–H groups in total. The van der Waals surface area contributed by atoms with Crippen LogP contribution < -0.4 is 14.9 Å². The number of amides is 1. The van der Waals surface area contributed by atoms with E-state index in [2.05, 4.69) is 33.1 Å². The summed E-state index contributed by atoms with van der Waals surface area (Å²) >= 11 is 2.06. The number of hydrogen-bond donors (Lipinski definition) is 1. The zero-order valence-corrected chi connectivity index (χ0v) is 13.0. The zero-order chi connectivity index (χ0) is 14.7. The number of rotatable bonds is 4. The molecule has 0 saturated carbocycles. The van der Waals surface area contributed by atoms with Crippen LogP contribution in [0.1, 0.15) is 11.3 Å². The predicted octanol–water partition coefficient (Wildman–Crippen LogP) is 2.31. The number of hydrazone groups is 1. The quantitative estimate of drug-likeness (QED) is 0.488. The highest BCUT2D eigenvalue weighted by molar-refractivity contribution is 14.1. The summed E-state index contributed by atoms with van der Waals surface area (Å²) in [6.07, 6.45) is 1.67. The number of benzene rings is 1. The number of fused-ring (bicyclic) bond motifs is 1. The first-order chi connectivity index (χ1) is 10.2. The van der Waals surface area contributed by atoms with Gasteiger partial charge in [0.15, 0.2) is 15.3 Å². The normalized spacial score (nSPS) is 12.8. The van der Waals surface area contributed by atoms with Crippen LogP contribution in [0.2, 0.25) is 0 Å². The van der Waals surface area contributed by atoms with Crippen LogP contribution in [0.4, 0.5) is 0 Å². The van der Waals surface area contributed by atoms with Crippen LogP contribution in [0.15, 0.2) is 39.9 Å². The van der Waals surface area contributed by atoms with Gasteiger partial charge in [-0.1, -0.05) is 6.07 Å². The van der Waals surface area contributed by atoms with Crippen molar-refractivity contribution in [2.75, 3.05) is 6.79 Å². The molecule has 2 heterocycles. The highest BCUT2D eigenvalue weighted by Crippen LogP contribution is 2.32. The summed E-state index contributed by atoms with van der Waals surface area (Å²) in [5.41, 5.74) is 3.29. The second-order valence-corrected chi connectivity index (χ2v) is 5.36. The van der Waals surface area contributed by atoms with Crippen LogP contribution in [-0.4, -0.2) is 18.9 Å². The molecule has 0 aliphatic carbocycles. The molecule has 1 aliphatic heterocycles. The van der Waals surface area contributed by atoms with Crippen LogP contribution >= 0.6 is 22.6 Å². The van der Waals surface area contributed by atoms with Crippen molar-refractivity contribution in [3.8, 4) is 11.5 Å². The maximum atomic E-state index is 11.8. The van der Waals surface area contributed by atoms with Gasteiger partial charge in [0.1, 0.15) is 5.76 Å². The number of carbonyl (C=O) groups is 1. The summed E-state index contributed by atoms with van der Waals surface area (Å²) in [7, 11) is 0. The highest BCUT2D eigenvalue weighted by atomic mass is 127. The summed E-state index contributed by atoms with van der Waals surface area (Å²) < 4.78 is 16.5. The Hall–Kier alpha value is -2.03. The van der Waals surface area contributed by atoms with Gasteiger partial charge < -0.3 is 13.9 Å². The number of nitrogens with one attached hydrogen (secondary N) is 1. The molecule has 0 saturated heterocycles. The molecule has 21 heavy (non-hydrogen) atoms. The molecular weight excluding hydrogens is 387 g/mol. The molecule has 2 aromatic rings. The topological polar surface area (TPSA) is 73.1 Å². The maximum absolute atomic E-state index is 11.8. The second-order valence-electron chi connectivity index (χ2n) is 4.30. The van der Waals surface area contributed by atoms with Gasteiger partial charge in [0.05, 0.1) is 12.6 Å². The van der Waals surface area contributed by atoms with Crippen LogP contribution in [0, 0.1) is 3.77 Å². The molecule has 6 nitrogen and oxygen atoms in total. The van der Waals surface area contributed by atoms with Gasteiger partial charge >= 0.3 is 0 Å². The van der Waals surface area contributed by atoms with Crippen molar-refractivity contribution in [1.82, 2.24) is 5.43 Å². The lowest BCUT2D eigenvalue weighted by Crippen LogP contribution is -2.19. The Bertz CT molecular complexity index is 696. The molecule has 0 unspecified atom stereocenters. The van der Waals surface area contributed by atoms with Gasteiger partial charge in [-0.05, 0) is 52.4 Å². The Labute approximate surface area is 134 Å². The fourth-order valence-electron chi connectivity index (χ4n) is 1.84. The molecule has 0 atom stereocenters. The van der Waals surface area contributed by atoms with E-state index in [1.54, 1.807) is 18.2 Å².